The highest BCUT2D eigenvalue weighted by Gasteiger charge is 2.55. The predicted molar refractivity (Wildman–Crippen MR) is 130 cm³/mol. The molecule has 0 saturated heterocycles. The van der Waals surface area contributed by atoms with Crippen molar-refractivity contribution in [1.29, 1.82) is 4.78 Å². The van der Waals surface area contributed by atoms with E-state index in [1.54, 1.807) is 41.5 Å². The average Bonchev–Trinajstić information content (AvgIpc) is 2.66. The molecule has 0 radical (unpaired) electrons. The number of aliphatic hydroxyl groups is 1. The molecule has 0 saturated carbocycles. The van der Waals surface area contributed by atoms with E-state index in [4.69, 9.17) is 25.9 Å². The number of nitrogens with one attached hydrogen (secondary N) is 2. The number of carbonyl (C=O) groups excluding carboxylic acids is 2. The van der Waals surface area contributed by atoms with Crippen LogP contribution < -0.4 is 5.32 Å². The number of rotatable bonds is 9. The van der Waals surface area contributed by atoms with Gasteiger partial charge in [0.2, 0.25) is 0 Å². The Balaban J connectivity index is 3.05. The van der Waals surface area contributed by atoms with Gasteiger partial charge in [0.05, 0.1) is 0 Å². The van der Waals surface area contributed by atoms with Crippen molar-refractivity contribution in [2.24, 2.45) is 0 Å². The summed E-state index contributed by atoms with van der Waals surface area (Å²) in [4.78, 5) is 24.8. The quantitative estimate of drug-likeness (QED) is 0.360. The lowest BCUT2D eigenvalue weighted by Gasteiger charge is -2.32. The van der Waals surface area contributed by atoms with Gasteiger partial charge in [0, 0.05) is 38.2 Å². The van der Waals surface area contributed by atoms with Crippen molar-refractivity contribution in [3.05, 3.63) is 34.9 Å². The van der Waals surface area contributed by atoms with E-state index in [0.29, 0.717) is 0 Å². The molecule has 3 N–H and O–H groups in total. The molecule has 1 aromatic rings. The maximum absolute atomic E-state index is 13.8. The van der Waals surface area contributed by atoms with Gasteiger partial charge in [0.15, 0.2) is 5.60 Å². The summed E-state index contributed by atoms with van der Waals surface area (Å²) in [6.45, 7) is 9.59. The number of alkyl halides is 3. The summed E-state index contributed by atoms with van der Waals surface area (Å²) >= 11 is 5.87. The molecule has 0 aliphatic heterocycles. The normalized spacial score (nSPS) is 16.9. The Morgan fingerprint density at radius 2 is 1.58 bits per heavy atom. The summed E-state index contributed by atoms with van der Waals surface area (Å²) in [5.74, 6) is -2.28. The Hall–Kier alpha value is -2.05. The standard InChI is InChI=1S/C23H34ClF3N2O6S/c1-20(2,3)34-18(30)17(29-19(31)35-21(4,5)6)11-13-36(28,33)14-12-22(32,23(25,26)27)15-9-7-8-10-16(15)24/h7-10,17,28,32H,11-14H2,1-6H3,(H,29,31)/t17-,22?,36?/m0/s1. The van der Waals surface area contributed by atoms with E-state index >= 15 is 0 Å². The number of ether oxygens (including phenoxy) is 2. The zero-order valence-corrected chi connectivity index (χ0v) is 22.7. The van der Waals surface area contributed by atoms with Crippen molar-refractivity contribution in [1.82, 2.24) is 5.32 Å². The van der Waals surface area contributed by atoms with Crippen LogP contribution in [0, 0.1) is 4.78 Å². The third-order valence-corrected chi connectivity index (χ3v) is 6.79. The Morgan fingerprint density at radius 1 is 1.06 bits per heavy atom. The van der Waals surface area contributed by atoms with Gasteiger partial charge < -0.3 is 19.9 Å². The Morgan fingerprint density at radius 3 is 2.06 bits per heavy atom. The third kappa shape index (κ3) is 10.1. The van der Waals surface area contributed by atoms with Crippen molar-refractivity contribution < 1.29 is 41.5 Å². The van der Waals surface area contributed by atoms with E-state index < -0.39 is 74.3 Å². The minimum atomic E-state index is -5.16. The molecule has 8 nitrogen and oxygen atoms in total. The number of carbonyl (C=O) groups is 2. The topological polar surface area (TPSA) is 126 Å². The largest absolute Gasteiger partial charge is 0.458 e. The molecular formula is C23H34ClF3N2O6S. The van der Waals surface area contributed by atoms with E-state index in [0.717, 1.165) is 6.07 Å². The molecule has 0 aliphatic carbocycles. The second-order valence-electron chi connectivity index (χ2n) is 10.3. The van der Waals surface area contributed by atoms with Crippen molar-refractivity contribution in [2.75, 3.05) is 11.5 Å². The molecule has 3 atom stereocenters. The molecular weight excluding hydrogens is 525 g/mol. The molecule has 2 unspecified atom stereocenters. The van der Waals surface area contributed by atoms with E-state index in [2.05, 4.69) is 5.32 Å². The molecule has 0 aliphatic rings. The molecule has 0 spiro atoms. The van der Waals surface area contributed by atoms with Crippen LogP contribution in [0.2, 0.25) is 5.02 Å². The van der Waals surface area contributed by atoms with E-state index in [1.165, 1.54) is 18.2 Å². The zero-order chi connectivity index (χ0) is 28.2. The SMILES string of the molecule is CC(C)(C)OC(=O)N[C@@H](CCS(=N)(=O)CCC(O)(c1ccccc1Cl)C(F)(F)F)C(=O)OC(C)(C)C. The van der Waals surface area contributed by atoms with Crippen LogP contribution in [-0.4, -0.2) is 56.3 Å². The van der Waals surface area contributed by atoms with Crippen molar-refractivity contribution in [3.8, 4) is 0 Å². The Kier molecular flexibility index (Phi) is 10.3. The maximum Gasteiger partial charge on any atom is 0.421 e. The summed E-state index contributed by atoms with van der Waals surface area (Å²) < 4.78 is 72.8. The van der Waals surface area contributed by atoms with Gasteiger partial charge in [-0.25, -0.2) is 13.8 Å². The van der Waals surface area contributed by atoms with Crippen LogP contribution in [0.4, 0.5) is 18.0 Å². The molecule has 1 amide bonds. The monoisotopic (exact) mass is 558 g/mol. The van der Waals surface area contributed by atoms with Gasteiger partial charge in [-0.3, -0.25) is 4.78 Å². The first-order chi connectivity index (χ1) is 16.1. The Bertz CT molecular complexity index is 1040. The van der Waals surface area contributed by atoms with Gasteiger partial charge >= 0.3 is 18.2 Å². The fourth-order valence-electron chi connectivity index (χ4n) is 3.02. The second kappa shape index (κ2) is 11.6. The summed E-state index contributed by atoms with van der Waals surface area (Å²) in [7, 11) is -3.74. The second-order valence-corrected chi connectivity index (χ2v) is 13.2. The first-order valence-corrected chi connectivity index (χ1v) is 13.3. The van der Waals surface area contributed by atoms with Crippen molar-refractivity contribution >= 4 is 33.4 Å². The lowest BCUT2D eigenvalue weighted by Crippen LogP contribution is -2.47. The van der Waals surface area contributed by atoms with Crippen LogP contribution >= 0.6 is 11.6 Å². The maximum atomic E-state index is 13.8. The molecule has 13 heteroatoms. The number of hydrogen-bond donors (Lipinski definition) is 3. The van der Waals surface area contributed by atoms with E-state index in [1.807, 2.05) is 0 Å². The van der Waals surface area contributed by atoms with Crippen LogP contribution in [0.5, 0.6) is 0 Å². The average molecular weight is 559 g/mol. The summed E-state index contributed by atoms with van der Waals surface area (Å²) in [6.07, 6.45) is -7.59. The minimum Gasteiger partial charge on any atom is -0.458 e. The van der Waals surface area contributed by atoms with E-state index in [-0.39, 0.29) is 11.4 Å². The summed E-state index contributed by atoms with van der Waals surface area (Å²) in [5.41, 5.74) is -5.86. The first-order valence-electron chi connectivity index (χ1n) is 11.1. The number of benzene rings is 1. The van der Waals surface area contributed by atoms with E-state index in [9.17, 15) is 32.1 Å². The van der Waals surface area contributed by atoms with Crippen molar-refractivity contribution in [2.45, 2.75) is 83.4 Å². The third-order valence-electron chi connectivity index (χ3n) is 4.70. The van der Waals surface area contributed by atoms with Crippen LogP contribution in [0.1, 0.15) is 59.9 Å². The Labute approximate surface area is 214 Å². The molecule has 1 rings (SSSR count). The summed E-state index contributed by atoms with van der Waals surface area (Å²) in [5, 5.41) is 12.5. The highest BCUT2D eigenvalue weighted by molar-refractivity contribution is 7.92. The zero-order valence-electron chi connectivity index (χ0n) is 21.1. The number of amides is 1. The van der Waals surface area contributed by atoms with Crippen LogP contribution in [0.25, 0.3) is 0 Å². The van der Waals surface area contributed by atoms with Crippen LogP contribution in [0.15, 0.2) is 24.3 Å². The highest BCUT2D eigenvalue weighted by Crippen LogP contribution is 2.44. The first kappa shape index (κ1) is 32.0. The van der Waals surface area contributed by atoms with Gasteiger partial charge in [0.25, 0.3) is 0 Å². The molecule has 206 valence electrons. The number of alkyl carbamates (subject to hydrolysis) is 1. The molecule has 36 heavy (non-hydrogen) atoms. The fraction of sp³-hybridized carbons (Fsp3) is 0.652. The lowest BCUT2D eigenvalue weighted by molar-refractivity contribution is -0.267. The number of halogens is 4. The fourth-order valence-corrected chi connectivity index (χ4v) is 4.76. The summed E-state index contributed by atoms with van der Waals surface area (Å²) in [6, 6.07) is 3.48. The lowest BCUT2D eigenvalue weighted by atomic mass is 9.90. The van der Waals surface area contributed by atoms with Crippen molar-refractivity contribution in [3.63, 3.8) is 0 Å². The van der Waals surface area contributed by atoms with Crippen LogP contribution in [0.3, 0.4) is 0 Å². The molecule has 1 aromatic carbocycles. The van der Waals surface area contributed by atoms with Crippen LogP contribution in [-0.2, 0) is 29.6 Å². The number of hydrogen-bond acceptors (Lipinski definition) is 7. The van der Waals surface area contributed by atoms with Gasteiger partial charge in [-0.05, 0) is 54.0 Å². The molecule has 0 bridgehead atoms. The van der Waals surface area contributed by atoms with Gasteiger partial charge in [-0.15, -0.1) is 0 Å². The van der Waals surface area contributed by atoms with Gasteiger partial charge in [-0.2, -0.15) is 13.2 Å². The molecule has 0 aromatic heterocycles. The molecule has 0 heterocycles. The minimum absolute atomic E-state index is 0.333. The highest BCUT2D eigenvalue weighted by atomic mass is 35.5. The smallest absolute Gasteiger partial charge is 0.421 e. The van der Waals surface area contributed by atoms with Gasteiger partial charge in [0.1, 0.15) is 17.2 Å². The molecule has 0 fully saturated rings. The van der Waals surface area contributed by atoms with Gasteiger partial charge in [-0.1, -0.05) is 29.8 Å². The number of esters is 1. The predicted octanol–water partition coefficient (Wildman–Crippen LogP) is 5.15.